The third-order valence-corrected chi connectivity index (χ3v) is 3.43. The summed E-state index contributed by atoms with van der Waals surface area (Å²) in [7, 11) is -3.66. The largest absolute Gasteiger partial charge is 0.392 e. The van der Waals surface area contributed by atoms with Gasteiger partial charge < -0.3 is 5.11 Å². The molecule has 0 heterocycles. The first kappa shape index (κ1) is 13.9. The van der Waals surface area contributed by atoms with E-state index in [1.165, 1.54) is 12.1 Å². The maximum atomic E-state index is 11.7. The zero-order valence-electron chi connectivity index (χ0n) is 9.67. The molecule has 1 aromatic rings. The highest BCUT2D eigenvalue weighted by atomic mass is 32.2. The number of aryl methyl sites for hydroxylation is 1. The Kier molecular flexibility index (Phi) is 5.34. The lowest BCUT2D eigenvalue weighted by Gasteiger charge is -2.04. The summed E-state index contributed by atoms with van der Waals surface area (Å²) in [6, 6.07) is 6.49. The van der Waals surface area contributed by atoms with E-state index in [-0.39, 0.29) is 18.1 Å². The van der Waals surface area contributed by atoms with E-state index in [9.17, 15) is 8.42 Å². The molecule has 0 aliphatic rings. The number of hydrogen-bond acceptors (Lipinski definition) is 4. The Hall–Kier alpha value is -1.17. The summed E-state index contributed by atoms with van der Waals surface area (Å²) in [6.45, 7) is 1.91. The summed E-state index contributed by atoms with van der Waals surface area (Å²) in [6.07, 6.45) is 3.66. The standard InChI is InChI=1S/C12H16O4S/c1-11-5-7-12(8-6-11)17(14,15)16-10-4-2-3-9-13/h2-3,5-8,13H,4,9-10H2,1H3/b3-2-. The van der Waals surface area contributed by atoms with Gasteiger partial charge in [-0.2, -0.15) is 8.42 Å². The van der Waals surface area contributed by atoms with Crippen molar-refractivity contribution in [3.05, 3.63) is 42.0 Å². The molecule has 1 rings (SSSR count). The molecule has 0 unspecified atom stereocenters. The van der Waals surface area contributed by atoms with Crippen LogP contribution in [0.1, 0.15) is 12.0 Å². The fourth-order valence-electron chi connectivity index (χ4n) is 1.19. The van der Waals surface area contributed by atoms with Crippen molar-refractivity contribution in [2.75, 3.05) is 13.2 Å². The van der Waals surface area contributed by atoms with E-state index in [1.807, 2.05) is 6.92 Å². The van der Waals surface area contributed by atoms with Gasteiger partial charge in [-0.3, -0.25) is 4.18 Å². The molecule has 0 atom stereocenters. The van der Waals surface area contributed by atoms with Gasteiger partial charge in [-0.1, -0.05) is 29.8 Å². The van der Waals surface area contributed by atoms with Crippen molar-refractivity contribution in [3.63, 3.8) is 0 Å². The highest BCUT2D eigenvalue weighted by Gasteiger charge is 2.13. The number of aliphatic hydroxyl groups is 1. The van der Waals surface area contributed by atoms with Crippen LogP contribution in [0.25, 0.3) is 0 Å². The number of benzene rings is 1. The zero-order valence-corrected chi connectivity index (χ0v) is 10.5. The van der Waals surface area contributed by atoms with Crippen LogP contribution in [0.2, 0.25) is 0 Å². The van der Waals surface area contributed by atoms with E-state index < -0.39 is 10.1 Å². The van der Waals surface area contributed by atoms with Crippen LogP contribution >= 0.6 is 0 Å². The van der Waals surface area contributed by atoms with Gasteiger partial charge in [0, 0.05) is 0 Å². The minimum Gasteiger partial charge on any atom is -0.392 e. The summed E-state index contributed by atoms with van der Waals surface area (Å²) in [5, 5.41) is 8.48. The first-order valence-electron chi connectivity index (χ1n) is 5.28. The van der Waals surface area contributed by atoms with E-state index >= 15 is 0 Å². The van der Waals surface area contributed by atoms with Gasteiger partial charge in [-0.05, 0) is 25.5 Å². The Balaban J connectivity index is 2.57. The fourth-order valence-corrected chi connectivity index (χ4v) is 2.11. The molecule has 0 aliphatic carbocycles. The minimum atomic E-state index is -3.66. The Bertz CT molecular complexity index is 460. The Morgan fingerprint density at radius 2 is 1.88 bits per heavy atom. The average molecular weight is 256 g/mol. The molecule has 0 fully saturated rings. The number of hydrogen-bond donors (Lipinski definition) is 1. The van der Waals surface area contributed by atoms with Gasteiger partial charge in [0.15, 0.2) is 0 Å². The van der Waals surface area contributed by atoms with E-state index in [1.54, 1.807) is 24.3 Å². The fraction of sp³-hybridized carbons (Fsp3) is 0.333. The van der Waals surface area contributed by atoms with Crippen molar-refractivity contribution in [2.24, 2.45) is 0 Å². The molecule has 0 amide bonds. The third-order valence-electron chi connectivity index (χ3n) is 2.10. The molecule has 0 bridgehead atoms. The Morgan fingerprint density at radius 3 is 2.47 bits per heavy atom. The van der Waals surface area contributed by atoms with Gasteiger partial charge in [0.2, 0.25) is 0 Å². The summed E-state index contributed by atoms with van der Waals surface area (Å²) < 4.78 is 28.2. The summed E-state index contributed by atoms with van der Waals surface area (Å²) in [5.41, 5.74) is 0.995. The second-order valence-electron chi connectivity index (χ2n) is 3.53. The van der Waals surface area contributed by atoms with Crippen molar-refractivity contribution in [1.29, 1.82) is 0 Å². The van der Waals surface area contributed by atoms with E-state index in [0.717, 1.165) is 5.56 Å². The monoisotopic (exact) mass is 256 g/mol. The highest BCUT2D eigenvalue weighted by Crippen LogP contribution is 2.13. The number of rotatable bonds is 6. The van der Waals surface area contributed by atoms with Crippen molar-refractivity contribution >= 4 is 10.1 Å². The van der Waals surface area contributed by atoms with E-state index in [0.29, 0.717) is 6.42 Å². The third kappa shape index (κ3) is 4.68. The van der Waals surface area contributed by atoms with E-state index in [2.05, 4.69) is 0 Å². The van der Waals surface area contributed by atoms with Crippen LogP contribution in [0.15, 0.2) is 41.3 Å². The quantitative estimate of drug-likeness (QED) is 0.477. The normalized spacial score (nSPS) is 12.1. The SMILES string of the molecule is Cc1ccc(S(=O)(=O)OCC/C=C\CO)cc1. The summed E-state index contributed by atoms with van der Waals surface area (Å²) >= 11 is 0. The predicted molar refractivity (Wildman–Crippen MR) is 65.2 cm³/mol. The van der Waals surface area contributed by atoms with Crippen molar-refractivity contribution in [2.45, 2.75) is 18.2 Å². The Labute approximate surface area is 102 Å². The average Bonchev–Trinajstić information content (AvgIpc) is 2.29. The highest BCUT2D eigenvalue weighted by molar-refractivity contribution is 7.86. The maximum absolute atomic E-state index is 11.7. The first-order chi connectivity index (χ1) is 8.06. The molecule has 5 heteroatoms. The van der Waals surface area contributed by atoms with Gasteiger partial charge in [-0.15, -0.1) is 0 Å². The number of aliphatic hydroxyl groups excluding tert-OH is 1. The lowest BCUT2D eigenvalue weighted by molar-refractivity contribution is 0.322. The molecular weight excluding hydrogens is 240 g/mol. The van der Waals surface area contributed by atoms with Gasteiger partial charge in [0.1, 0.15) is 0 Å². The molecule has 1 aromatic carbocycles. The molecule has 0 saturated heterocycles. The van der Waals surface area contributed by atoms with Gasteiger partial charge in [0.25, 0.3) is 10.1 Å². The smallest absolute Gasteiger partial charge is 0.296 e. The van der Waals surface area contributed by atoms with Crippen molar-refractivity contribution < 1.29 is 17.7 Å². The molecule has 4 nitrogen and oxygen atoms in total. The molecule has 94 valence electrons. The van der Waals surface area contributed by atoms with E-state index in [4.69, 9.17) is 9.29 Å². The van der Waals surface area contributed by atoms with Crippen LogP contribution in [0.5, 0.6) is 0 Å². The lowest BCUT2D eigenvalue weighted by Crippen LogP contribution is -2.07. The second-order valence-corrected chi connectivity index (χ2v) is 5.15. The second kappa shape index (κ2) is 6.54. The minimum absolute atomic E-state index is 0.0509. The van der Waals surface area contributed by atoms with Crippen LogP contribution in [-0.2, 0) is 14.3 Å². The van der Waals surface area contributed by atoms with Crippen LogP contribution < -0.4 is 0 Å². The molecule has 0 radical (unpaired) electrons. The Morgan fingerprint density at radius 1 is 1.24 bits per heavy atom. The van der Waals surface area contributed by atoms with Crippen LogP contribution in [0.3, 0.4) is 0 Å². The van der Waals surface area contributed by atoms with Gasteiger partial charge in [-0.25, -0.2) is 0 Å². The molecule has 0 spiro atoms. The zero-order chi connectivity index (χ0) is 12.7. The predicted octanol–water partition coefficient (Wildman–Crippen LogP) is 1.64. The maximum Gasteiger partial charge on any atom is 0.296 e. The van der Waals surface area contributed by atoms with Gasteiger partial charge in [0.05, 0.1) is 18.1 Å². The van der Waals surface area contributed by atoms with Crippen LogP contribution in [0, 0.1) is 6.92 Å². The molecule has 0 saturated carbocycles. The van der Waals surface area contributed by atoms with Crippen molar-refractivity contribution in [3.8, 4) is 0 Å². The lowest BCUT2D eigenvalue weighted by atomic mass is 10.2. The molecule has 17 heavy (non-hydrogen) atoms. The van der Waals surface area contributed by atoms with Gasteiger partial charge >= 0.3 is 0 Å². The summed E-state index contributed by atoms with van der Waals surface area (Å²) in [4.78, 5) is 0.161. The van der Waals surface area contributed by atoms with Crippen LogP contribution in [0.4, 0.5) is 0 Å². The molecular formula is C12H16O4S. The first-order valence-corrected chi connectivity index (χ1v) is 6.69. The van der Waals surface area contributed by atoms with Crippen LogP contribution in [-0.4, -0.2) is 26.7 Å². The molecule has 0 aliphatic heterocycles. The topological polar surface area (TPSA) is 63.6 Å². The molecule has 0 aromatic heterocycles. The van der Waals surface area contributed by atoms with Crippen molar-refractivity contribution in [1.82, 2.24) is 0 Å². The summed E-state index contributed by atoms with van der Waals surface area (Å²) in [5.74, 6) is 0. The molecule has 1 N–H and O–H groups in total.